The molecule has 1 fully saturated rings. The zero-order valence-corrected chi connectivity index (χ0v) is 23.5. The number of carbonyl (C=O) groups is 2. The van der Waals surface area contributed by atoms with Gasteiger partial charge in [0.25, 0.3) is 11.1 Å². The van der Waals surface area contributed by atoms with E-state index in [0.717, 1.165) is 22.9 Å². The molecule has 10 heteroatoms. The number of thioether (sulfide) groups is 1. The molecule has 1 heterocycles. The maximum absolute atomic E-state index is 12.8. The summed E-state index contributed by atoms with van der Waals surface area (Å²) in [6.45, 7) is 0.632. The molecule has 0 saturated carbocycles. The molecular weight excluding hydrogens is 641 g/mol. The average molecular weight is 658 g/mol. The Bertz CT molecular complexity index is 1280. The van der Waals surface area contributed by atoms with Crippen LogP contribution in [0.15, 0.2) is 74.5 Å². The topological polar surface area (TPSA) is 55.8 Å². The van der Waals surface area contributed by atoms with Crippen molar-refractivity contribution >= 4 is 84.0 Å². The molecule has 3 aromatic rings. The minimum Gasteiger partial charge on any atom is -0.490 e. The van der Waals surface area contributed by atoms with Crippen molar-refractivity contribution in [3.8, 4) is 11.5 Å². The third-order valence-electron chi connectivity index (χ3n) is 4.90. The van der Waals surface area contributed by atoms with E-state index < -0.39 is 0 Å². The quantitative estimate of drug-likeness (QED) is 0.229. The second-order valence-corrected chi connectivity index (χ2v) is 10.9. The summed E-state index contributed by atoms with van der Waals surface area (Å²) < 4.78 is 13.0. The van der Waals surface area contributed by atoms with Crippen molar-refractivity contribution in [1.82, 2.24) is 4.90 Å². The van der Waals surface area contributed by atoms with Crippen LogP contribution >= 0.6 is 66.8 Å². The van der Waals surface area contributed by atoms with Crippen LogP contribution in [-0.2, 0) is 11.4 Å². The van der Waals surface area contributed by atoms with Gasteiger partial charge in [-0.05, 0) is 97.2 Å². The van der Waals surface area contributed by atoms with Gasteiger partial charge in [0.2, 0.25) is 0 Å². The van der Waals surface area contributed by atoms with Gasteiger partial charge in [0.1, 0.15) is 24.7 Å². The lowest BCUT2D eigenvalue weighted by atomic mass is 10.2. The van der Waals surface area contributed by atoms with Crippen LogP contribution < -0.4 is 9.47 Å². The van der Waals surface area contributed by atoms with E-state index in [1.807, 2.05) is 36.4 Å². The molecule has 0 aromatic heterocycles. The Balaban J connectivity index is 1.41. The Morgan fingerprint density at radius 1 is 0.943 bits per heavy atom. The molecule has 0 bridgehead atoms. The molecule has 1 saturated heterocycles. The van der Waals surface area contributed by atoms with Crippen LogP contribution in [0.1, 0.15) is 11.1 Å². The van der Waals surface area contributed by atoms with E-state index in [4.69, 9.17) is 32.7 Å². The number of nitrogens with zero attached hydrogens (tertiary/aromatic N) is 1. The molecule has 1 aliphatic rings. The van der Waals surface area contributed by atoms with E-state index in [1.165, 1.54) is 4.90 Å². The molecule has 0 aliphatic carbocycles. The molecule has 2 amide bonds. The maximum Gasteiger partial charge on any atom is 0.293 e. The van der Waals surface area contributed by atoms with Crippen molar-refractivity contribution < 1.29 is 19.1 Å². The van der Waals surface area contributed by atoms with Gasteiger partial charge in [-0.1, -0.05) is 47.5 Å². The molecule has 5 nitrogen and oxygen atoms in total. The van der Waals surface area contributed by atoms with Crippen LogP contribution in [0.3, 0.4) is 0 Å². The summed E-state index contributed by atoms with van der Waals surface area (Å²) in [4.78, 5) is 26.8. The highest BCUT2D eigenvalue weighted by Crippen LogP contribution is 2.38. The highest BCUT2D eigenvalue weighted by atomic mass is 79.9. The van der Waals surface area contributed by atoms with Crippen molar-refractivity contribution in [2.45, 2.75) is 6.61 Å². The molecule has 35 heavy (non-hydrogen) atoms. The number of imide groups is 1. The van der Waals surface area contributed by atoms with Crippen LogP contribution in [0.2, 0.25) is 10.0 Å². The highest BCUT2D eigenvalue weighted by Gasteiger charge is 2.34. The zero-order chi connectivity index (χ0) is 24.9. The van der Waals surface area contributed by atoms with E-state index in [0.29, 0.717) is 42.0 Å². The van der Waals surface area contributed by atoms with E-state index >= 15 is 0 Å². The zero-order valence-electron chi connectivity index (χ0n) is 18.0. The molecule has 0 spiro atoms. The molecule has 3 aromatic carbocycles. The van der Waals surface area contributed by atoms with Crippen molar-refractivity contribution in [1.29, 1.82) is 0 Å². The Hall–Kier alpha value is -1.97. The fourth-order valence-electron chi connectivity index (χ4n) is 3.19. The largest absolute Gasteiger partial charge is 0.490 e. The summed E-state index contributed by atoms with van der Waals surface area (Å²) in [6.07, 6.45) is 1.68. The van der Waals surface area contributed by atoms with E-state index in [-0.39, 0.29) is 24.3 Å². The van der Waals surface area contributed by atoms with Gasteiger partial charge < -0.3 is 9.47 Å². The number of rotatable bonds is 8. The van der Waals surface area contributed by atoms with Gasteiger partial charge >= 0.3 is 0 Å². The summed E-state index contributed by atoms with van der Waals surface area (Å²) in [7, 11) is 0. The average Bonchev–Trinajstić information content (AvgIpc) is 3.08. The third kappa shape index (κ3) is 6.62. The number of hydrogen-bond donors (Lipinski definition) is 0. The maximum atomic E-state index is 12.8. The minimum absolute atomic E-state index is 0.123. The molecular formula is C25H17Br2Cl2NO4S. The third-order valence-corrected chi connectivity index (χ3v) is 7.55. The van der Waals surface area contributed by atoms with Crippen molar-refractivity contribution in [3.63, 3.8) is 0 Å². The first-order chi connectivity index (χ1) is 16.8. The lowest BCUT2D eigenvalue weighted by Gasteiger charge is -2.14. The standard InChI is InChI=1S/C25H17Br2Cl2NO4S/c26-18-11-16(12-19(27)23(18)34-14-15-5-7-17(28)8-6-15)13-22-24(31)30(25(32)35-22)9-10-33-21-4-2-1-3-20(21)29/h1-8,11-13H,9-10,14H2/b22-13-. The molecule has 1 aliphatic heterocycles. The fraction of sp³-hybridized carbons (Fsp3) is 0.120. The number of amides is 2. The van der Waals surface area contributed by atoms with Crippen LogP contribution in [0.4, 0.5) is 4.79 Å². The first-order valence-corrected chi connectivity index (χ1v) is 13.5. The Morgan fingerprint density at radius 2 is 1.63 bits per heavy atom. The number of halogens is 4. The summed E-state index contributed by atoms with van der Waals surface area (Å²) in [5.41, 5.74) is 1.71. The predicted molar refractivity (Wildman–Crippen MR) is 147 cm³/mol. The van der Waals surface area contributed by atoms with Gasteiger partial charge in [0, 0.05) is 5.02 Å². The first kappa shape index (κ1) is 26.1. The second-order valence-electron chi connectivity index (χ2n) is 7.34. The highest BCUT2D eigenvalue weighted by molar-refractivity contribution is 9.11. The monoisotopic (exact) mass is 655 g/mol. The SMILES string of the molecule is O=C1S/C(=C\c2cc(Br)c(OCc3ccc(Cl)cc3)c(Br)c2)C(=O)N1CCOc1ccccc1Cl. The second kappa shape index (κ2) is 11.8. The van der Waals surface area contributed by atoms with E-state index in [1.54, 1.807) is 30.3 Å². The van der Waals surface area contributed by atoms with Crippen molar-refractivity contribution in [2.24, 2.45) is 0 Å². The number of para-hydroxylation sites is 1. The van der Waals surface area contributed by atoms with E-state index in [2.05, 4.69) is 31.9 Å². The van der Waals surface area contributed by atoms with Gasteiger partial charge in [-0.15, -0.1) is 0 Å². The van der Waals surface area contributed by atoms with Gasteiger partial charge in [0.15, 0.2) is 0 Å². The lowest BCUT2D eigenvalue weighted by Crippen LogP contribution is -2.32. The van der Waals surface area contributed by atoms with E-state index in [9.17, 15) is 9.59 Å². The number of hydrogen-bond acceptors (Lipinski definition) is 5. The van der Waals surface area contributed by atoms with Crippen molar-refractivity contribution in [3.05, 3.63) is 95.7 Å². The summed E-state index contributed by atoms with van der Waals surface area (Å²) >= 11 is 20.0. The Kier molecular flexibility index (Phi) is 8.83. The Morgan fingerprint density at radius 3 is 2.31 bits per heavy atom. The smallest absolute Gasteiger partial charge is 0.293 e. The van der Waals surface area contributed by atoms with Gasteiger partial charge in [-0.25, -0.2) is 0 Å². The molecule has 180 valence electrons. The summed E-state index contributed by atoms with van der Waals surface area (Å²) in [6, 6.07) is 18.1. The number of carbonyl (C=O) groups excluding carboxylic acids is 2. The van der Waals surface area contributed by atoms with Crippen molar-refractivity contribution in [2.75, 3.05) is 13.2 Å². The summed E-state index contributed by atoms with van der Waals surface area (Å²) in [5.74, 6) is 0.768. The lowest BCUT2D eigenvalue weighted by molar-refractivity contribution is -0.123. The van der Waals surface area contributed by atoms with Crippen LogP contribution in [0.5, 0.6) is 11.5 Å². The number of benzene rings is 3. The molecule has 0 atom stereocenters. The van der Waals surface area contributed by atoms with Gasteiger partial charge in [-0.3, -0.25) is 14.5 Å². The normalized spacial score (nSPS) is 14.6. The van der Waals surface area contributed by atoms with Crippen LogP contribution in [0.25, 0.3) is 6.08 Å². The van der Waals surface area contributed by atoms with Crippen LogP contribution in [-0.4, -0.2) is 29.2 Å². The molecule has 0 radical (unpaired) electrons. The Labute approximate surface area is 233 Å². The molecule has 0 N–H and O–H groups in total. The van der Waals surface area contributed by atoms with Crippen LogP contribution in [0, 0.1) is 0 Å². The summed E-state index contributed by atoms with van der Waals surface area (Å²) in [5, 5.41) is 0.793. The fourth-order valence-corrected chi connectivity index (χ4v) is 5.82. The predicted octanol–water partition coefficient (Wildman–Crippen LogP) is 8.21. The number of ether oxygens (including phenoxy) is 2. The molecule has 0 unspecified atom stereocenters. The van der Waals surface area contributed by atoms with Gasteiger partial charge in [-0.2, -0.15) is 0 Å². The van der Waals surface area contributed by atoms with Gasteiger partial charge in [0.05, 0.1) is 25.4 Å². The minimum atomic E-state index is -0.363. The first-order valence-electron chi connectivity index (χ1n) is 10.3. The molecule has 4 rings (SSSR count).